The average molecular weight is 355 g/mol. The van der Waals surface area contributed by atoms with Crippen molar-refractivity contribution >= 4 is 17.6 Å². The Bertz CT molecular complexity index is 771. The third-order valence-electron chi connectivity index (χ3n) is 5.59. The summed E-state index contributed by atoms with van der Waals surface area (Å²) >= 11 is 0. The van der Waals surface area contributed by atoms with Crippen LogP contribution in [-0.4, -0.2) is 36.7 Å². The van der Waals surface area contributed by atoms with Crippen LogP contribution in [0.15, 0.2) is 36.4 Å². The fraction of sp³-hybridized carbons (Fsp3) is 0.524. The van der Waals surface area contributed by atoms with Crippen molar-refractivity contribution < 1.29 is 19.1 Å². The number of carbonyl (C=O) groups is 2. The molecule has 1 aromatic carbocycles. The molecule has 1 spiro atoms. The lowest BCUT2D eigenvalue weighted by atomic mass is 9.77. The van der Waals surface area contributed by atoms with Crippen LogP contribution in [-0.2, 0) is 25.5 Å². The minimum absolute atomic E-state index is 0.0377. The monoisotopic (exact) mass is 355 g/mol. The summed E-state index contributed by atoms with van der Waals surface area (Å²) < 4.78 is 11.6. The van der Waals surface area contributed by atoms with Crippen molar-refractivity contribution in [3.05, 3.63) is 42.0 Å². The maximum atomic E-state index is 13.3. The second-order valence-corrected chi connectivity index (χ2v) is 7.83. The lowest BCUT2D eigenvalue weighted by Crippen LogP contribution is -2.40. The predicted octanol–water partition coefficient (Wildman–Crippen LogP) is 2.73. The first-order valence-electron chi connectivity index (χ1n) is 9.40. The molecule has 1 amide bonds. The highest BCUT2D eigenvalue weighted by Gasteiger charge is 2.67. The lowest BCUT2D eigenvalue weighted by molar-refractivity contribution is -0.153. The molecule has 3 aliphatic heterocycles. The molecular formula is C21H25NO4. The fourth-order valence-electron chi connectivity index (χ4n) is 4.39. The fourth-order valence-corrected chi connectivity index (χ4v) is 4.39. The maximum absolute atomic E-state index is 13.3. The Hall–Kier alpha value is -2.14. The van der Waals surface area contributed by atoms with E-state index in [0.717, 1.165) is 17.7 Å². The van der Waals surface area contributed by atoms with E-state index in [0.29, 0.717) is 13.2 Å². The number of para-hydroxylation sites is 1. The first kappa shape index (κ1) is 17.3. The molecule has 138 valence electrons. The molecule has 3 aliphatic rings. The van der Waals surface area contributed by atoms with Crippen LogP contribution < -0.4 is 4.90 Å². The third kappa shape index (κ3) is 2.49. The van der Waals surface area contributed by atoms with Crippen molar-refractivity contribution in [2.24, 2.45) is 17.8 Å². The lowest BCUT2D eigenvalue weighted by Gasteiger charge is -2.23. The van der Waals surface area contributed by atoms with Crippen LogP contribution in [0.1, 0.15) is 26.3 Å². The zero-order chi connectivity index (χ0) is 18.5. The molecule has 2 bridgehead atoms. The molecule has 0 aromatic heterocycles. The summed E-state index contributed by atoms with van der Waals surface area (Å²) in [6.45, 7) is 6.88. The second kappa shape index (κ2) is 6.23. The van der Waals surface area contributed by atoms with Crippen molar-refractivity contribution in [3.63, 3.8) is 0 Å². The van der Waals surface area contributed by atoms with Gasteiger partial charge in [-0.15, -0.1) is 0 Å². The highest BCUT2D eigenvalue weighted by atomic mass is 16.6. The Morgan fingerprint density at radius 1 is 1.38 bits per heavy atom. The van der Waals surface area contributed by atoms with Crippen LogP contribution in [0.4, 0.5) is 5.69 Å². The van der Waals surface area contributed by atoms with Crippen LogP contribution >= 0.6 is 0 Å². The molecule has 2 fully saturated rings. The summed E-state index contributed by atoms with van der Waals surface area (Å²) in [5.41, 5.74) is 1.33. The number of esters is 1. The molecule has 0 saturated carbocycles. The number of fused-ring (bicyclic) bond motifs is 1. The normalized spacial score (nSPS) is 31.8. The van der Waals surface area contributed by atoms with Gasteiger partial charge in [0.25, 0.3) is 0 Å². The van der Waals surface area contributed by atoms with Gasteiger partial charge in [0.15, 0.2) is 0 Å². The van der Waals surface area contributed by atoms with Crippen molar-refractivity contribution in [2.45, 2.75) is 38.9 Å². The van der Waals surface area contributed by atoms with Gasteiger partial charge in [0.1, 0.15) is 11.5 Å². The van der Waals surface area contributed by atoms with E-state index < -0.39 is 17.4 Å². The zero-order valence-electron chi connectivity index (χ0n) is 15.5. The number of benzene rings is 1. The Labute approximate surface area is 154 Å². The Morgan fingerprint density at radius 3 is 2.88 bits per heavy atom. The molecule has 2 saturated heterocycles. The molecule has 5 nitrogen and oxygen atoms in total. The maximum Gasteiger partial charge on any atom is 0.312 e. The molecule has 4 atom stereocenters. The van der Waals surface area contributed by atoms with Gasteiger partial charge in [-0.3, -0.25) is 9.59 Å². The standard InChI is InChI=1S/C21H25NO4/c1-4-14-7-5-6-8-15(14)22-12-21-10-9-16(26-21)17(18(21)19(22)23)20(24)25-11-13(2)3/h5-10,13,16-18H,4,11-12H2,1-3H3/t16-,17-,18-,21+/m1/s1. The highest BCUT2D eigenvalue weighted by Crippen LogP contribution is 2.53. The number of hydrogen-bond acceptors (Lipinski definition) is 4. The van der Waals surface area contributed by atoms with Gasteiger partial charge in [-0.1, -0.05) is 51.1 Å². The molecule has 0 radical (unpaired) electrons. The summed E-state index contributed by atoms with van der Waals surface area (Å²) in [7, 11) is 0. The third-order valence-corrected chi connectivity index (χ3v) is 5.59. The van der Waals surface area contributed by atoms with Gasteiger partial charge >= 0.3 is 5.97 Å². The van der Waals surface area contributed by atoms with Gasteiger partial charge in [0.2, 0.25) is 5.91 Å². The summed E-state index contributed by atoms with van der Waals surface area (Å²) in [6.07, 6.45) is 4.38. The van der Waals surface area contributed by atoms with Gasteiger partial charge in [-0.05, 0) is 24.0 Å². The van der Waals surface area contributed by atoms with E-state index in [9.17, 15) is 9.59 Å². The quantitative estimate of drug-likeness (QED) is 0.602. The summed E-state index contributed by atoms with van der Waals surface area (Å²) in [5, 5.41) is 0. The van der Waals surface area contributed by atoms with E-state index in [2.05, 4.69) is 6.92 Å². The predicted molar refractivity (Wildman–Crippen MR) is 97.7 cm³/mol. The zero-order valence-corrected chi connectivity index (χ0v) is 15.5. The van der Waals surface area contributed by atoms with E-state index in [1.54, 1.807) is 4.90 Å². The highest BCUT2D eigenvalue weighted by molar-refractivity contribution is 6.03. The van der Waals surface area contributed by atoms with E-state index in [1.165, 1.54) is 0 Å². The van der Waals surface area contributed by atoms with Gasteiger partial charge in [-0.2, -0.15) is 0 Å². The Kier molecular flexibility index (Phi) is 4.14. The van der Waals surface area contributed by atoms with E-state index in [1.807, 2.05) is 50.3 Å². The molecule has 0 unspecified atom stereocenters. The molecule has 5 heteroatoms. The van der Waals surface area contributed by atoms with Crippen LogP contribution in [0.3, 0.4) is 0 Å². The van der Waals surface area contributed by atoms with Crippen molar-refractivity contribution in [3.8, 4) is 0 Å². The number of amides is 1. The van der Waals surface area contributed by atoms with Crippen LogP contribution in [0.25, 0.3) is 0 Å². The molecule has 0 aliphatic carbocycles. The molecule has 3 heterocycles. The smallest absolute Gasteiger partial charge is 0.312 e. The molecule has 1 aromatic rings. The topological polar surface area (TPSA) is 55.8 Å². The minimum Gasteiger partial charge on any atom is -0.465 e. The van der Waals surface area contributed by atoms with Crippen LogP contribution in [0.5, 0.6) is 0 Å². The van der Waals surface area contributed by atoms with Gasteiger partial charge in [0.05, 0.1) is 25.2 Å². The van der Waals surface area contributed by atoms with Crippen molar-refractivity contribution in [1.29, 1.82) is 0 Å². The Morgan fingerprint density at radius 2 is 2.15 bits per heavy atom. The first-order chi connectivity index (χ1) is 12.5. The molecular weight excluding hydrogens is 330 g/mol. The Balaban J connectivity index is 1.64. The number of nitrogens with zero attached hydrogens (tertiary/aromatic N) is 1. The number of carbonyl (C=O) groups excluding carboxylic acids is 2. The summed E-state index contributed by atoms with van der Waals surface area (Å²) in [5.74, 6) is -1.15. The summed E-state index contributed by atoms with van der Waals surface area (Å²) in [6, 6.07) is 7.93. The largest absolute Gasteiger partial charge is 0.465 e. The first-order valence-corrected chi connectivity index (χ1v) is 9.40. The van der Waals surface area contributed by atoms with Gasteiger partial charge in [-0.25, -0.2) is 0 Å². The average Bonchev–Trinajstić information content (AvgIpc) is 3.28. The van der Waals surface area contributed by atoms with Crippen molar-refractivity contribution in [1.82, 2.24) is 0 Å². The summed E-state index contributed by atoms with van der Waals surface area (Å²) in [4.78, 5) is 27.8. The molecule has 4 rings (SSSR count). The molecule has 0 N–H and O–H groups in total. The number of rotatable bonds is 5. The SMILES string of the molecule is CCc1ccccc1N1C[C@]23C=C[C@@H](O2)[C@@H](C(=O)OCC(C)C)[C@@H]3C1=O. The van der Waals surface area contributed by atoms with E-state index in [4.69, 9.17) is 9.47 Å². The van der Waals surface area contributed by atoms with Gasteiger partial charge < -0.3 is 14.4 Å². The molecule has 26 heavy (non-hydrogen) atoms. The number of hydrogen-bond donors (Lipinski definition) is 0. The second-order valence-electron chi connectivity index (χ2n) is 7.83. The number of anilines is 1. The van der Waals surface area contributed by atoms with Crippen LogP contribution in [0.2, 0.25) is 0 Å². The minimum atomic E-state index is -0.704. The van der Waals surface area contributed by atoms with Crippen LogP contribution in [0, 0.1) is 17.8 Å². The van der Waals surface area contributed by atoms with E-state index in [-0.39, 0.29) is 23.9 Å². The van der Waals surface area contributed by atoms with E-state index >= 15 is 0 Å². The number of ether oxygens (including phenoxy) is 2. The van der Waals surface area contributed by atoms with Gasteiger partial charge in [0, 0.05) is 5.69 Å². The number of aryl methyl sites for hydroxylation is 1. The van der Waals surface area contributed by atoms with Crippen molar-refractivity contribution in [2.75, 3.05) is 18.1 Å².